The van der Waals surface area contributed by atoms with Crippen LogP contribution in [0.25, 0.3) is 0 Å². The smallest absolute Gasteiger partial charge is 0.327 e. The average molecular weight is 238 g/mol. The van der Waals surface area contributed by atoms with Crippen LogP contribution in [0.5, 0.6) is 0 Å². The number of carbonyl (C=O) groups is 2. The second kappa shape index (κ2) is 4.89. The number of hydrogen-bond donors (Lipinski definition) is 2. The van der Waals surface area contributed by atoms with Crippen molar-refractivity contribution in [2.75, 3.05) is 18.2 Å². The maximum atomic E-state index is 11.4. The predicted molar refractivity (Wildman–Crippen MR) is 55.8 cm³/mol. The molecule has 0 aliphatic carbocycles. The number of halogens is 1. The fourth-order valence-corrected chi connectivity index (χ4v) is 2.08. The molecule has 1 N–H and O–H groups in total. The highest BCUT2D eigenvalue weighted by molar-refractivity contribution is 7.80. The van der Waals surface area contributed by atoms with Crippen LogP contribution in [-0.4, -0.2) is 46.1 Å². The van der Waals surface area contributed by atoms with E-state index in [-0.39, 0.29) is 17.6 Å². The number of alkyl halides is 1. The van der Waals surface area contributed by atoms with Crippen molar-refractivity contribution in [2.24, 2.45) is 5.92 Å². The van der Waals surface area contributed by atoms with Gasteiger partial charge in [0.05, 0.1) is 0 Å². The third-order valence-electron chi connectivity index (χ3n) is 2.29. The minimum atomic E-state index is -1.01. The molecule has 2 atom stereocenters. The molecular weight excluding hydrogens is 226 g/mol. The highest BCUT2D eigenvalue weighted by atomic mass is 35.5. The number of amides is 1. The van der Waals surface area contributed by atoms with Gasteiger partial charge in [-0.3, -0.25) is 4.79 Å². The van der Waals surface area contributed by atoms with Gasteiger partial charge in [0.25, 0.3) is 0 Å². The van der Waals surface area contributed by atoms with Gasteiger partial charge in [-0.2, -0.15) is 12.6 Å². The molecule has 14 heavy (non-hydrogen) atoms. The van der Waals surface area contributed by atoms with Crippen LogP contribution < -0.4 is 0 Å². The maximum Gasteiger partial charge on any atom is 0.327 e. The van der Waals surface area contributed by atoms with Crippen molar-refractivity contribution in [3.63, 3.8) is 0 Å². The van der Waals surface area contributed by atoms with Gasteiger partial charge in [0, 0.05) is 24.6 Å². The summed E-state index contributed by atoms with van der Waals surface area (Å²) in [6, 6.07) is -0.820. The van der Waals surface area contributed by atoms with E-state index in [1.54, 1.807) is 0 Å². The summed E-state index contributed by atoms with van der Waals surface area (Å²) in [6.07, 6.45) is 0.348. The molecule has 0 radical (unpaired) electrons. The van der Waals surface area contributed by atoms with E-state index in [9.17, 15) is 9.59 Å². The molecule has 1 aliphatic rings. The normalized spacial score (nSPS) is 24.0. The number of thiol groups is 1. The number of carboxylic acid groups (broad SMARTS) is 1. The van der Waals surface area contributed by atoms with E-state index >= 15 is 0 Å². The third-order valence-corrected chi connectivity index (χ3v) is 3.07. The average Bonchev–Trinajstić information content (AvgIpc) is 2.48. The van der Waals surface area contributed by atoms with Gasteiger partial charge in [0.15, 0.2) is 0 Å². The lowest BCUT2D eigenvalue weighted by Gasteiger charge is -2.22. The number of carboxylic acids is 1. The van der Waals surface area contributed by atoms with E-state index in [4.69, 9.17) is 16.7 Å². The molecule has 4 nitrogen and oxygen atoms in total. The molecule has 0 aromatic carbocycles. The summed E-state index contributed by atoms with van der Waals surface area (Å²) >= 11 is 9.54. The van der Waals surface area contributed by atoms with Crippen LogP contribution in [0.1, 0.15) is 6.42 Å². The first kappa shape index (κ1) is 11.7. The monoisotopic (exact) mass is 237 g/mol. The van der Waals surface area contributed by atoms with Gasteiger partial charge in [-0.1, -0.05) is 0 Å². The second-order valence-electron chi connectivity index (χ2n) is 3.31. The SMILES string of the molecule is O=C(O)C(CS)N1CC(CCl)CC1=O. The number of rotatable bonds is 4. The topological polar surface area (TPSA) is 57.6 Å². The molecule has 80 valence electrons. The molecule has 0 bridgehead atoms. The summed E-state index contributed by atoms with van der Waals surface area (Å²) in [5, 5.41) is 8.83. The summed E-state index contributed by atoms with van der Waals surface area (Å²) in [4.78, 5) is 23.6. The summed E-state index contributed by atoms with van der Waals surface area (Å²) in [6.45, 7) is 0.430. The second-order valence-corrected chi connectivity index (χ2v) is 3.98. The van der Waals surface area contributed by atoms with Gasteiger partial charge in [-0.05, 0) is 5.92 Å². The molecule has 1 aliphatic heterocycles. The Labute approximate surface area is 92.6 Å². The van der Waals surface area contributed by atoms with Crippen molar-refractivity contribution in [3.05, 3.63) is 0 Å². The maximum absolute atomic E-state index is 11.4. The van der Waals surface area contributed by atoms with E-state index in [0.717, 1.165) is 0 Å². The largest absolute Gasteiger partial charge is 0.480 e. The third kappa shape index (κ3) is 2.33. The molecule has 0 saturated carbocycles. The number of carbonyl (C=O) groups excluding carboxylic acids is 1. The minimum absolute atomic E-state index is 0.0749. The Morgan fingerprint density at radius 2 is 2.43 bits per heavy atom. The molecule has 1 rings (SSSR count). The Morgan fingerprint density at radius 1 is 1.79 bits per heavy atom. The van der Waals surface area contributed by atoms with Crippen molar-refractivity contribution in [1.29, 1.82) is 0 Å². The van der Waals surface area contributed by atoms with Gasteiger partial charge < -0.3 is 10.0 Å². The lowest BCUT2D eigenvalue weighted by atomic mass is 10.1. The zero-order valence-electron chi connectivity index (χ0n) is 7.52. The van der Waals surface area contributed by atoms with Crippen molar-refractivity contribution in [1.82, 2.24) is 4.90 Å². The number of hydrogen-bond acceptors (Lipinski definition) is 3. The van der Waals surface area contributed by atoms with E-state index in [0.29, 0.717) is 18.8 Å². The van der Waals surface area contributed by atoms with E-state index < -0.39 is 12.0 Å². The Hall–Kier alpha value is -0.420. The quantitative estimate of drug-likeness (QED) is 0.552. The molecule has 0 spiro atoms. The van der Waals surface area contributed by atoms with Crippen molar-refractivity contribution in [2.45, 2.75) is 12.5 Å². The van der Waals surface area contributed by atoms with Gasteiger partial charge in [-0.25, -0.2) is 4.79 Å². The van der Waals surface area contributed by atoms with Crippen LogP contribution in [-0.2, 0) is 9.59 Å². The first-order chi connectivity index (χ1) is 6.60. The summed E-state index contributed by atoms with van der Waals surface area (Å²) in [7, 11) is 0. The molecule has 1 fully saturated rings. The number of aliphatic carboxylic acids is 1. The molecule has 1 saturated heterocycles. The molecule has 2 unspecified atom stereocenters. The van der Waals surface area contributed by atoms with Crippen LogP contribution in [0, 0.1) is 5.92 Å². The highest BCUT2D eigenvalue weighted by Crippen LogP contribution is 2.21. The van der Waals surface area contributed by atoms with Crippen LogP contribution >= 0.6 is 24.2 Å². The molecule has 1 amide bonds. The first-order valence-electron chi connectivity index (χ1n) is 4.29. The Kier molecular flexibility index (Phi) is 4.07. The highest BCUT2D eigenvalue weighted by Gasteiger charge is 2.36. The van der Waals surface area contributed by atoms with Crippen LogP contribution in [0.4, 0.5) is 0 Å². The lowest BCUT2D eigenvalue weighted by molar-refractivity contribution is -0.147. The predicted octanol–water partition coefficient (Wildman–Crippen LogP) is 0.457. The van der Waals surface area contributed by atoms with E-state index in [2.05, 4.69) is 12.6 Å². The fraction of sp³-hybridized carbons (Fsp3) is 0.750. The van der Waals surface area contributed by atoms with Crippen LogP contribution in [0.3, 0.4) is 0 Å². The first-order valence-corrected chi connectivity index (χ1v) is 5.46. The Bertz CT molecular complexity index is 249. The van der Waals surface area contributed by atoms with Crippen LogP contribution in [0.2, 0.25) is 0 Å². The van der Waals surface area contributed by atoms with E-state index in [1.165, 1.54) is 4.90 Å². The van der Waals surface area contributed by atoms with Crippen molar-refractivity contribution in [3.8, 4) is 0 Å². The molecular formula is C8H12ClNO3S. The van der Waals surface area contributed by atoms with Gasteiger partial charge in [0.1, 0.15) is 6.04 Å². The Balaban J connectivity index is 2.68. The van der Waals surface area contributed by atoms with Gasteiger partial charge >= 0.3 is 5.97 Å². The minimum Gasteiger partial charge on any atom is -0.480 e. The standard InChI is InChI=1S/C8H12ClNO3S/c9-2-5-1-7(11)10(3-5)6(4-14)8(12)13/h5-6,14H,1-4H2,(H,12,13). The Morgan fingerprint density at radius 3 is 2.79 bits per heavy atom. The molecule has 0 aromatic rings. The zero-order chi connectivity index (χ0) is 10.7. The summed E-state index contributed by atoms with van der Waals surface area (Å²) in [5.41, 5.74) is 0. The summed E-state index contributed by atoms with van der Waals surface area (Å²) in [5.74, 6) is -0.552. The molecule has 0 aromatic heterocycles. The van der Waals surface area contributed by atoms with Crippen LogP contribution in [0.15, 0.2) is 0 Å². The van der Waals surface area contributed by atoms with Gasteiger partial charge in [-0.15, -0.1) is 11.6 Å². The van der Waals surface area contributed by atoms with Crippen molar-refractivity contribution < 1.29 is 14.7 Å². The fourth-order valence-electron chi connectivity index (χ4n) is 1.52. The van der Waals surface area contributed by atoms with Crippen molar-refractivity contribution >= 4 is 36.1 Å². The van der Waals surface area contributed by atoms with E-state index in [1.807, 2.05) is 0 Å². The zero-order valence-corrected chi connectivity index (χ0v) is 9.17. The molecule has 6 heteroatoms. The summed E-state index contributed by atoms with van der Waals surface area (Å²) < 4.78 is 0. The van der Waals surface area contributed by atoms with Gasteiger partial charge in [0.2, 0.25) is 5.91 Å². The number of likely N-dealkylation sites (tertiary alicyclic amines) is 1. The molecule has 1 heterocycles. The number of nitrogens with zero attached hydrogens (tertiary/aromatic N) is 1. The lowest BCUT2D eigenvalue weighted by Crippen LogP contribution is -2.43.